The van der Waals surface area contributed by atoms with Crippen molar-refractivity contribution in [2.24, 2.45) is 10.8 Å². The van der Waals surface area contributed by atoms with Crippen LogP contribution in [0.2, 0.25) is 0 Å². The van der Waals surface area contributed by atoms with Crippen LogP contribution in [-0.4, -0.2) is 11.0 Å². The molecule has 0 amide bonds. The fourth-order valence-corrected chi connectivity index (χ4v) is 3.02. The topological polar surface area (TPSA) is 24.9 Å². The van der Waals surface area contributed by atoms with Crippen LogP contribution in [-0.2, 0) is 0 Å². The van der Waals surface area contributed by atoms with Gasteiger partial charge in [-0.1, -0.05) is 27.7 Å². The van der Waals surface area contributed by atoms with Crippen molar-refractivity contribution in [1.29, 1.82) is 0 Å². The minimum atomic E-state index is 0.409. The van der Waals surface area contributed by atoms with Crippen LogP contribution in [0.25, 0.3) is 0 Å². The van der Waals surface area contributed by atoms with Gasteiger partial charge in [-0.2, -0.15) is 0 Å². The molecule has 1 fully saturated rings. The average molecular weight is 224 g/mol. The first-order valence-electron chi connectivity index (χ1n) is 5.52. The lowest BCUT2D eigenvalue weighted by molar-refractivity contribution is 0.457. The lowest BCUT2D eigenvalue weighted by atomic mass is 10.0. The van der Waals surface area contributed by atoms with Crippen LogP contribution >= 0.6 is 11.3 Å². The molecule has 0 saturated heterocycles. The summed E-state index contributed by atoms with van der Waals surface area (Å²) in [6.07, 6.45) is 1.96. The molecule has 1 aromatic heterocycles. The highest BCUT2D eigenvalue weighted by molar-refractivity contribution is 7.09. The van der Waals surface area contributed by atoms with E-state index in [2.05, 4.69) is 44.9 Å². The quantitative estimate of drug-likeness (QED) is 0.852. The SMILES string of the molecule is CC(NC1C(C)(C)C1(C)C)c1cncs1. The third-order valence-electron chi connectivity index (χ3n) is 4.32. The zero-order valence-corrected chi connectivity index (χ0v) is 11.0. The Hall–Kier alpha value is -0.410. The fourth-order valence-electron chi connectivity index (χ4n) is 2.38. The number of rotatable bonds is 3. The van der Waals surface area contributed by atoms with Gasteiger partial charge in [0.1, 0.15) is 0 Å². The van der Waals surface area contributed by atoms with Gasteiger partial charge in [0, 0.05) is 23.2 Å². The third kappa shape index (κ3) is 1.62. The molecule has 1 aromatic rings. The molecule has 2 nitrogen and oxygen atoms in total. The summed E-state index contributed by atoms with van der Waals surface area (Å²) in [5.41, 5.74) is 2.72. The van der Waals surface area contributed by atoms with E-state index >= 15 is 0 Å². The van der Waals surface area contributed by atoms with E-state index in [1.165, 1.54) is 4.88 Å². The zero-order chi connectivity index (χ0) is 11.3. The normalized spacial score (nSPS) is 25.1. The monoisotopic (exact) mass is 224 g/mol. The molecule has 1 heterocycles. The molecule has 1 unspecified atom stereocenters. The average Bonchev–Trinajstić information content (AvgIpc) is 2.65. The highest BCUT2D eigenvalue weighted by Gasteiger charge is 2.64. The van der Waals surface area contributed by atoms with E-state index in [4.69, 9.17) is 0 Å². The van der Waals surface area contributed by atoms with E-state index in [9.17, 15) is 0 Å². The second-order valence-electron chi connectivity index (χ2n) is 5.67. The van der Waals surface area contributed by atoms with E-state index in [-0.39, 0.29) is 0 Å². The Labute approximate surface area is 96.1 Å². The summed E-state index contributed by atoms with van der Waals surface area (Å²) in [6.45, 7) is 11.6. The lowest BCUT2D eigenvalue weighted by Gasteiger charge is -2.13. The van der Waals surface area contributed by atoms with Gasteiger partial charge in [0.2, 0.25) is 0 Å². The number of nitrogens with one attached hydrogen (secondary N) is 1. The predicted octanol–water partition coefficient (Wildman–Crippen LogP) is 3.23. The van der Waals surface area contributed by atoms with E-state index < -0.39 is 0 Å². The van der Waals surface area contributed by atoms with Crippen molar-refractivity contribution < 1.29 is 0 Å². The number of aromatic nitrogens is 1. The van der Waals surface area contributed by atoms with Gasteiger partial charge in [0.05, 0.1) is 5.51 Å². The Bertz CT molecular complexity index is 327. The first-order chi connectivity index (χ1) is 6.87. The molecule has 1 atom stereocenters. The molecule has 1 saturated carbocycles. The molecule has 2 rings (SSSR count). The number of hydrogen-bond acceptors (Lipinski definition) is 3. The standard InChI is InChI=1S/C12H20N2S/c1-8(9-6-13-7-15-9)14-10-11(2,3)12(10,4)5/h6-8,10,14H,1-5H3. The van der Waals surface area contributed by atoms with Crippen molar-refractivity contribution in [1.82, 2.24) is 10.3 Å². The Morgan fingerprint density at radius 3 is 2.33 bits per heavy atom. The van der Waals surface area contributed by atoms with Crippen molar-refractivity contribution in [3.05, 3.63) is 16.6 Å². The predicted molar refractivity (Wildman–Crippen MR) is 65.0 cm³/mol. The summed E-state index contributed by atoms with van der Waals surface area (Å²) in [7, 11) is 0. The van der Waals surface area contributed by atoms with Crippen LogP contribution in [0.3, 0.4) is 0 Å². The van der Waals surface area contributed by atoms with Gasteiger partial charge in [-0.15, -0.1) is 11.3 Å². The maximum atomic E-state index is 4.12. The zero-order valence-electron chi connectivity index (χ0n) is 10.2. The minimum absolute atomic E-state index is 0.409. The Kier molecular flexibility index (Phi) is 2.43. The summed E-state index contributed by atoms with van der Waals surface area (Å²) in [5, 5.41) is 3.71. The molecule has 0 bridgehead atoms. The molecule has 0 aromatic carbocycles. The molecule has 15 heavy (non-hydrogen) atoms. The number of thiazole rings is 1. The molecule has 1 aliphatic carbocycles. The lowest BCUT2D eigenvalue weighted by Crippen LogP contribution is -2.25. The molecule has 84 valence electrons. The summed E-state index contributed by atoms with van der Waals surface area (Å²) >= 11 is 1.73. The van der Waals surface area contributed by atoms with Gasteiger partial charge >= 0.3 is 0 Å². The number of hydrogen-bond donors (Lipinski definition) is 1. The second-order valence-corrected chi connectivity index (χ2v) is 6.59. The third-order valence-corrected chi connectivity index (χ3v) is 5.27. The Morgan fingerprint density at radius 2 is 1.93 bits per heavy atom. The van der Waals surface area contributed by atoms with Crippen LogP contribution in [0.4, 0.5) is 0 Å². The molecule has 0 radical (unpaired) electrons. The highest BCUT2D eigenvalue weighted by Crippen LogP contribution is 2.63. The van der Waals surface area contributed by atoms with E-state index in [0.717, 1.165) is 0 Å². The van der Waals surface area contributed by atoms with Gasteiger partial charge in [0.25, 0.3) is 0 Å². The summed E-state index contributed by atoms with van der Waals surface area (Å²) in [6, 6.07) is 1.03. The van der Waals surface area contributed by atoms with Gasteiger partial charge in [-0.05, 0) is 17.8 Å². The maximum Gasteiger partial charge on any atom is 0.0794 e. The first kappa shape index (κ1) is 11.1. The number of nitrogens with zero attached hydrogens (tertiary/aromatic N) is 1. The Morgan fingerprint density at radius 1 is 1.33 bits per heavy atom. The van der Waals surface area contributed by atoms with Gasteiger partial charge in [-0.3, -0.25) is 4.98 Å². The van der Waals surface area contributed by atoms with Crippen molar-refractivity contribution in [2.75, 3.05) is 0 Å². The minimum Gasteiger partial charge on any atom is -0.306 e. The maximum absolute atomic E-state index is 4.12. The largest absolute Gasteiger partial charge is 0.306 e. The van der Waals surface area contributed by atoms with Crippen LogP contribution < -0.4 is 5.32 Å². The summed E-state index contributed by atoms with van der Waals surface area (Å²) < 4.78 is 0. The Balaban J connectivity index is 2.01. The molecule has 1 aliphatic rings. The van der Waals surface area contributed by atoms with Crippen molar-refractivity contribution in [3.8, 4) is 0 Å². The van der Waals surface area contributed by atoms with Crippen LogP contribution in [0.1, 0.15) is 45.5 Å². The molecular formula is C12H20N2S. The molecule has 3 heteroatoms. The van der Waals surface area contributed by atoms with Gasteiger partial charge in [-0.25, -0.2) is 0 Å². The van der Waals surface area contributed by atoms with Crippen molar-refractivity contribution in [2.45, 2.75) is 46.7 Å². The summed E-state index contributed by atoms with van der Waals surface area (Å²) in [5.74, 6) is 0. The van der Waals surface area contributed by atoms with Gasteiger partial charge in [0.15, 0.2) is 0 Å². The summed E-state index contributed by atoms with van der Waals surface area (Å²) in [4.78, 5) is 5.45. The van der Waals surface area contributed by atoms with E-state index in [0.29, 0.717) is 22.9 Å². The van der Waals surface area contributed by atoms with Crippen LogP contribution in [0.5, 0.6) is 0 Å². The van der Waals surface area contributed by atoms with E-state index in [1.807, 2.05) is 11.7 Å². The van der Waals surface area contributed by atoms with Crippen LogP contribution in [0, 0.1) is 10.8 Å². The smallest absolute Gasteiger partial charge is 0.0794 e. The first-order valence-corrected chi connectivity index (χ1v) is 6.40. The molecule has 0 spiro atoms. The van der Waals surface area contributed by atoms with Crippen molar-refractivity contribution in [3.63, 3.8) is 0 Å². The van der Waals surface area contributed by atoms with Crippen molar-refractivity contribution >= 4 is 11.3 Å². The second kappa shape index (κ2) is 3.29. The molecule has 0 aliphatic heterocycles. The molecule has 1 N–H and O–H groups in total. The van der Waals surface area contributed by atoms with Crippen LogP contribution in [0.15, 0.2) is 11.7 Å². The molecular weight excluding hydrogens is 204 g/mol. The van der Waals surface area contributed by atoms with E-state index in [1.54, 1.807) is 11.3 Å². The fraction of sp³-hybridized carbons (Fsp3) is 0.750. The van der Waals surface area contributed by atoms with Gasteiger partial charge < -0.3 is 5.32 Å². The highest BCUT2D eigenvalue weighted by atomic mass is 32.1.